The van der Waals surface area contributed by atoms with Crippen LogP contribution in [0.15, 0.2) is 30.6 Å². The third kappa shape index (κ3) is 2.30. The van der Waals surface area contributed by atoms with Crippen molar-refractivity contribution in [3.05, 3.63) is 53.4 Å². The molecule has 0 radical (unpaired) electrons. The van der Waals surface area contributed by atoms with E-state index in [1.165, 1.54) is 4.68 Å². The Morgan fingerprint density at radius 1 is 1.39 bits per heavy atom. The van der Waals surface area contributed by atoms with E-state index in [0.717, 1.165) is 17.7 Å². The van der Waals surface area contributed by atoms with Crippen LogP contribution in [-0.4, -0.2) is 15.6 Å². The molecule has 0 saturated heterocycles. The summed E-state index contributed by atoms with van der Waals surface area (Å²) in [6, 6.07) is 2.30. The Hall–Kier alpha value is -2.04. The predicted octanol–water partition coefficient (Wildman–Crippen LogP) is 2.91. The normalized spacial score (nSPS) is 12.4. The van der Waals surface area contributed by atoms with Crippen LogP contribution in [0, 0.1) is 18.6 Å². The number of Topliss-reactive ketones (excluding diaryl/α,β-unsaturated/α-hetero) is 1. The van der Waals surface area contributed by atoms with Crippen molar-refractivity contribution in [1.82, 2.24) is 9.78 Å². The van der Waals surface area contributed by atoms with E-state index >= 15 is 0 Å². The highest BCUT2D eigenvalue weighted by Gasteiger charge is 2.21. The molecule has 1 heterocycles. The third-order valence-corrected chi connectivity index (χ3v) is 2.70. The quantitative estimate of drug-likeness (QED) is 0.785. The van der Waals surface area contributed by atoms with E-state index in [1.807, 2.05) is 6.92 Å². The van der Waals surface area contributed by atoms with E-state index in [-0.39, 0.29) is 5.56 Å². The van der Waals surface area contributed by atoms with E-state index in [0.29, 0.717) is 6.07 Å². The first-order valence-electron chi connectivity index (χ1n) is 5.49. The molecular formula is C13H12F2N2O. The Balaban J connectivity index is 2.31. The lowest BCUT2D eigenvalue weighted by atomic mass is 10.0. The van der Waals surface area contributed by atoms with Crippen molar-refractivity contribution in [2.75, 3.05) is 0 Å². The maximum Gasteiger partial charge on any atom is 0.190 e. The van der Waals surface area contributed by atoms with Crippen molar-refractivity contribution in [3.8, 4) is 0 Å². The molecule has 0 spiro atoms. The molecule has 1 atom stereocenters. The van der Waals surface area contributed by atoms with Gasteiger partial charge in [0.05, 0.1) is 11.8 Å². The molecule has 1 unspecified atom stereocenters. The second-order valence-electron chi connectivity index (χ2n) is 4.16. The van der Waals surface area contributed by atoms with E-state index in [1.54, 1.807) is 19.3 Å². The fraction of sp³-hybridized carbons (Fsp3) is 0.231. The van der Waals surface area contributed by atoms with Crippen LogP contribution in [0.4, 0.5) is 8.78 Å². The van der Waals surface area contributed by atoms with Gasteiger partial charge in [0.15, 0.2) is 5.78 Å². The van der Waals surface area contributed by atoms with Crippen molar-refractivity contribution in [3.63, 3.8) is 0 Å². The first-order valence-corrected chi connectivity index (χ1v) is 5.49. The molecule has 3 nitrogen and oxygen atoms in total. The number of halogens is 2. The van der Waals surface area contributed by atoms with Crippen molar-refractivity contribution in [1.29, 1.82) is 0 Å². The second kappa shape index (κ2) is 4.68. The minimum atomic E-state index is -0.851. The van der Waals surface area contributed by atoms with Gasteiger partial charge in [-0.2, -0.15) is 5.10 Å². The Morgan fingerprint density at radius 2 is 2.11 bits per heavy atom. The van der Waals surface area contributed by atoms with Crippen molar-refractivity contribution in [2.24, 2.45) is 0 Å². The van der Waals surface area contributed by atoms with Crippen LogP contribution < -0.4 is 0 Å². The number of hydrogen-bond donors (Lipinski definition) is 0. The number of hydrogen-bond acceptors (Lipinski definition) is 2. The molecule has 0 bridgehead atoms. The lowest BCUT2D eigenvalue weighted by molar-refractivity contribution is 0.0924. The molecule has 0 amide bonds. The maximum atomic E-state index is 13.5. The van der Waals surface area contributed by atoms with Gasteiger partial charge in [0, 0.05) is 12.3 Å². The number of ketones is 1. The average molecular weight is 250 g/mol. The van der Waals surface area contributed by atoms with Crippen molar-refractivity contribution in [2.45, 2.75) is 19.9 Å². The molecule has 18 heavy (non-hydrogen) atoms. The van der Waals surface area contributed by atoms with Gasteiger partial charge in [0.25, 0.3) is 0 Å². The van der Waals surface area contributed by atoms with E-state index in [9.17, 15) is 13.6 Å². The van der Waals surface area contributed by atoms with Gasteiger partial charge >= 0.3 is 0 Å². The van der Waals surface area contributed by atoms with Gasteiger partial charge in [-0.1, -0.05) is 0 Å². The summed E-state index contributed by atoms with van der Waals surface area (Å²) in [5.41, 5.74) is 0.784. The Bertz CT molecular complexity index is 592. The number of aromatic nitrogens is 2. The van der Waals surface area contributed by atoms with Gasteiger partial charge in [-0.05, 0) is 31.5 Å². The summed E-state index contributed by atoms with van der Waals surface area (Å²) in [4.78, 5) is 12.1. The molecule has 5 heteroatoms. The fourth-order valence-electron chi connectivity index (χ4n) is 1.68. The maximum absolute atomic E-state index is 13.5. The van der Waals surface area contributed by atoms with Crippen LogP contribution in [0.5, 0.6) is 0 Å². The molecule has 0 fully saturated rings. The van der Waals surface area contributed by atoms with Crippen LogP contribution in [0.2, 0.25) is 0 Å². The monoisotopic (exact) mass is 250 g/mol. The molecule has 94 valence electrons. The SMILES string of the molecule is Cc1cnn(C(C)C(=O)c2ccc(F)cc2F)c1. The van der Waals surface area contributed by atoms with Gasteiger partial charge < -0.3 is 0 Å². The summed E-state index contributed by atoms with van der Waals surface area (Å²) in [5.74, 6) is -1.99. The van der Waals surface area contributed by atoms with E-state index in [4.69, 9.17) is 0 Å². The molecule has 0 N–H and O–H groups in total. The largest absolute Gasteiger partial charge is 0.292 e. The second-order valence-corrected chi connectivity index (χ2v) is 4.16. The number of rotatable bonds is 3. The van der Waals surface area contributed by atoms with Crippen molar-refractivity contribution >= 4 is 5.78 Å². The highest BCUT2D eigenvalue weighted by molar-refractivity contribution is 5.98. The van der Waals surface area contributed by atoms with Crippen LogP contribution in [0.3, 0.4) is 0 Å². The molecule has 2 rings (SSSR count). The summed E-state index contributed by atoms with van der Waals surface area (Å²) < 4.78 is 27.7. The zero-order valence-electron chi connectivity index (χ0n) is 10.0. The zero-order chi connectivity index (χ0) is 13.3. The Kier molecular flexibility index (Phi) is 3.23. The average Bonchev–Trinajstić information content (AvgIpc) is 2.74. The van der Waals surface area contributed by atoms with Gasteiger partial charge in [-0.3, -0.25) is 9.48 Å². The summed E-state index contributed by atoms with van der Waals surface area (Å²) in [7, 11) is 0. The van der Waals surface area contributed by atoms with Gasteiger partial charge in [-0.15, -0.1) is 0 Å². The molecular weight excluding hydrogens is 238 g/mol. The zero-order valence-corrected chi connectivity index (χ0v) is 10.0. The molecule has 0 aliphatic rings. The first kappa shape index (κ1) is 12.4. The smallest absolute Gasteiger partial charge is 0.190 e. The van der Waals surface area contributed by atoms with Gasteiger partial charge in [0.2, 0.25) is 0 Å². The predicted molar refractivity (Wildman–Crippen MR) is 62.4 cm³/mol. The number of aryl methyl sites for hydroxylation is 1. The molecule has 1 aromatic heterocycles. The molecule has 0 aliphatic heterocycles. The summed E-state index contributed by atoms with van der Waals surface area (Å²) in [5, 5.41) is 4.01. The molecule has 2 aromatic rings. The number of nitrogens with zero attached hydrogens (tertiary/aromatic N) is 2. The summed E-state index contributed by atoms with van der Waals surface area (Å²) in [6.45, 7) is 3.47. The Morgan fingerprint density at radius 3 is 2.67 bits per heavy atom. The lowest BCUT2D eigenvalue weighted by Gasteiger charge is -2.11. The lowest BCUT2D eigenvalue weighted by Crippen LogP contribution is -2.18. The minimum absolute atomic E-state index is 0.128. The topological polar surface area (TPSA) is 34.9 Å². The van der Waals surface area contributed by atoms with Crippen LogP contribution in [0.25, 0.3) is 0 Å². The standard InChI is InChI=1S/C13H12F2N2O/c1-8-6-16-17(7-8)9(2)13(18)11-4-3-10(14)5-12(11)15/h3-7,9H,1-2H3. The van der Waals surface area contributed by atoms with Crippen LogP contribution >= 0.6 is 0 Å². The fourth-order valence-corrected chi connectivity index (χ4v) is 1.68. The van der Waals surface area contributed by atoms with Gasteiger partial charge in [0.1, 0.15) is 17.7 Å². The first-order chi connectivity index (χ1) is 8.49. The molecule has 0 aliphatic carbocycles. The van der Waals surface area contributed by atoms with E-state index in [2.05, 4.69) is 5.10 Å². The van der Waals surface area contributed by atoms with Crippen molar-refractivity contribution < 1.29 is 13.6 Å². The minimum Gasteiger partial charge on any atom is -0.292 e. The van der Waals surface area contributed by atoms with E-state index < -0.39 is 23.5 Å². The highest BCUT2D eigenvalue weighted by Crippen LogP contribution is 2.17. The Labute approximate surface area is 103 Å². The molecule has 0 saturated carbocycles. The summed E-state index contributed by atoms with van der Waals surface area (Å²) >= 11 is 0. The number of carbonyl (C=O) groups excluding carboxylic acids is 1. The number of benzene rings is 1. The third-order valence-electron chi connectivity index (χ3n) is 2.70. The van der Waals surface area contributed by atoms with Gasteiger partial charge in [-0.25, -0.2) is 8.78 Å². The van der Waals surface area contributed by atoms with Crippen LogP contribution in [0.1, 0.15) is 28.9 Å². The number of carbonyl (C=O) groups is 1. The summed E-state index contributed by atoms with van der Waals surface area (Å²) in [6.07, 6.45) is 3.31. The molecule has 1 aromatic carbocycles. The highest BCUT2D eigenvalue weighted by atomic mass is 19.1. The van der Waals surface area contributed by atoms with Crippen LogP contribution in [-0.2, 0) is 0 Å².